The molecule has 1 amide bonds. The van der Waals surface area contributed by atoms with Gasteiger partial charge in [0.05, 0.1) is 6.04 Å². The highest BCUT2D eigenvalue weighted by molar-refractivity contribution is 7.98. The lowest BCUT2D eigenvalue weighted by molar-refractivity contribution is -0.123. The topological polar surface area (TPSA) is 55.1 Å². The Hall–Kier alpha value is -0.220. The highest BCUT2D eigenvalue weighted by Gasteiger charge is 2.23. The minimum absolute atomic E-state index is 0.0424. The largest absolute Gasteiger partial charge is 0.352 e. The van der Waals surface area contributed by atoms with E-state index < -0.39 is 0 Å². The molecule has 17 heavy (non-hydrogen) atoms. The Bertz CT molecular complexity index is 235. The summed E-state index contributed by atoms with van der Waals surface area (Å²) in [6.07, 6.45) is 8.86. The Morgan fingerprint density at radius 1 is 1.53 bits per heavy atom. The van der Waals surface area contributed by atoms with Crippen molar-refractivity contribution in [2.45, 2.75) is 57.5 Å². The van der Waals surface area contributed by atoms with E-state index in [-0.39, 0.29) is 11.9 Å². The first-order chi connectivity index (χ1) is 8.17. The average molecular weight is 258 g/mol. The number of carbonyl (C=O) groups excluding carboxylic acids is 1. The van der Waals surface area contributed by atoms with Gasteiger partial charge in [0.2, 0.25) is 5.91 Å². The highest BCUT2D eigenvalue weighted by Crippen LogP contribution is 2.26. The zero-order chi connectivity index (χ0) is 12.7. The average Bonchev–Trinajstić information content (AvgIpc) is 2.36. The fourth-order valence-electron chi connectivity index (χ4n) is 2.48. The number of nitrogens with two attached hydrogens (primary N) is 1. The smallest absolute Gasteiger partial charge is 0.237 e. The number of thioether (sulfide) groups is 1. The second-order valence-corrected chi connectivity index (χ2v) is 6.02. The van der Waals surface area contributed by atoms with Crippen LogP contribution in [0.3, 0.4) is 0 Å². The minimum Gasteiger partial charge on any atom is -0.352 e. The summed E-state index contributed by atoms with van der Waals surface area (Å²) in [6.45, 7) is 2.24. The van der Waals surface area contributed by atoms with Gasteiger partial charge in [0, 0.05) is 6.04 Å². The first-order valence-electron chi connectivity index (χ1n) is 6.72. The molecule has 0 aliphatic heterocycles. The van der Waals surface area contributed by atoms with Crippen LogP contribution < -0.4 is 11.1 Å². The molecule has 1 aliphatic carbocycles. The molecule has 0 aromatic rings. The van der Waals surface area contributed by atoms with E-state index in [1.165, 1.54) is 19.3 Å². The van der Waals surface area contributed by atoms with Crippen LogP contribution in [0, 0.1) is 5.92 Å². The maximum atomic E-state index is 11.9. The maximum absolute atomic E-state index is 11.9. The van der Waals surface area contributed by atoms with Crippen molar-refractivity contribution in [3.63, 3.8) is 0 Å². The normalized spacial score (nSPS) is 26.5. The quantitative estimate of drug-likeness (QED) is 0.767. The Morgan fingerprint density at radius 3 is 2.94 bits per heavy atom. The Labute approximate surface area is 109 Å². The van der Waals surface area contributed by atoms with Gasteiger partial charge in [0.25, 0.3) is 0 Å². The third-order valence-corrected chi connectivity index (χ3v) is 4.32. The van der Waals surface area contributed by atoms with E-state index in [2.05, 4.69) is 12.2 Å². The summed E-state index contributed by atoms with van der Waals surface area (Å²) in [6, 6.07) is 0.0333. The van der Waals surface area contributed by atoms with Crippen LogP contribution in [0.2, 0.25) is 0 Å². The molecule has 100 valence electrons. The molecule has 1 aliphatic rings. The molecule has 0 heterocycles. The van der Waals surface area contributed by atoms with E-state index >= 15 is 0 Å². The second kappa shape index (κ2) is 7.98. The van der Waals surface area contributed by atoms with Gasteiger partial charge in [0.15, 0.2) is 0 Å². The molecule has 1 saturated carbocycles. The van der Waals surface area contributed by atoms with Gasteiger partial charge in [-0.3, -0.25) is 4.79 Å². The van der Waals surface area contributed by atoms with Crippen LogP contribution in [-0.2, 0) is 4.79 Å². The number of rotatable bonds is 6. The highest BCUT2D eigenvalue weighted by atomic mass is 32.2. The third-order valence-electron chi connectivity index (χ3n) is 3.68. The molecule has 0 bridgehead atoms. The van der Waals surface area contributed by atoms with Crippen molar-refractivity contribution < 1.29 is 4.79 Å². The summed E-state index contributed by atoms with van der Waals surface area (Å²) in [7, 11) is 0. The molecule has 3 nitrogen and oxygen atoms in total. The van der Waals surface area contributed by atoms with Crippen molar-refractivity contribution in [3.8, 4) is 0 Å². The maximum Gasteiger partial charge on any atom is 0.237 e. The van der Waals surface area contributed by atoms with Crippen molar-refractivity contribution in [2.75, 3.05) is 12.0 Å². The summed E-state index contributed by atoms with van der Waals surface area (Å²) in [5.74, 6) is 1.79. The van der Waals surface area contributed by atoms with Gasteiger partial charge >= 0.3 is 0 Å². The molecule has 0 spiro atoms. The summed E-state index contributed by atoms with van der Waals surface area (Å²) < 4.78 is 0. The second-order valence-electron chi connectivity index (χ2n) is 5.03. The summed E-state index contributed by atoms with van der Waals surface area (Å²) in [4.78, 5) is 11.9. The minimum atomic E-state index is -0.329. The first-order valence-corrected chi connectivity index (χ1v) is 8.11. The van der Waals surface area contributed by atoms with Gasteiger partial charge in [-0.2, -0.15) is 11.8 Å². The number of nitrogens with one attached hydrogen (secondary N) is 1. The number of amides is 1. The molecule has 1 fully saturated rings. The summed E-state index contributed by atoms with van der Waals surface area (Å²) in [5.41, 5.74) is 5.86. The van der Waals surface area contributed by atoms with Crippen LogP contribution in [0.25, 0.3) is 0 Å². The van der Waals surface area contributed by atoms with Crippen LogP contribution in [0.15, 0.2) is 0 Å². The lowest BCUT2D eigenvalue weighted by Crippen LogP contribution is -2.47. The van der Waals surface area contributed by atoms with E-state index in [1.54, 1.807) is 11.8 Å². The van der Waals surface area contributed by atoms with Crippen molar-refractivity contribution in [3.05, 3.63) is 0 Å². The fraction of sp³-hybridized carbons (Fsp3) is 0.923. The van der Waals surface area contributed by atoms with Crippen LogP contribution in [0.1, 0.15) is 45.4 Å². The molecule has 0 radical (unpaired) electrons. The van der Waals surface area contributed by atoms with Crippen LogP contribution in [0.4, 0.5) is 0 Å². The number of carbonyl (C=O) groups is 1. The van der Waals surface area contributed by atoms with Crippen molar-refractivity contribution in [2.24, 2.45) is 11.7 Å². The summed E-state index contributed by atoms with van der Waals surface area (Å²) in [5, 5.41) is 3.12. The SMILES string of the molecule is CCC1CCCC(NC(=O)[C@@H](N)CCSC)C1. The van der Waals surface area contributed by atoms with Gasteiger partial charge < -0.3 is 11.1 Å². The number of hydrogen-bond donors (Lipinski definition) is 2. The zero-order valence-corrected chi connectivity index (χ0v) is 11.9. The van der Waals surface area contributed by atoms with Crippen LogP contribution in [0.5, 0.6) is 0 Å². The Balaban J connectivity index is 2.29. The van der Waals surface area contributed by atoms with Gasteiger partial charge in [0.1, 0.15) is 0 Å². The van der Waals surface area contributed by atoms with Crippen molar-refractivity contribution >= 4 is 17.7 Å². The van der Waals surface area contributed by atoms with E-state index in [9.17, 15) is 4.79 Å². The first kappa shape index (κ1) is 14.8. The molecule has 1 rings (SSSR count). The van der Waals surface area contributed by atoms with E-state index in [0.717, 1.165) is 30.9 Å². The molecule has 4 heteroatoms. The van der Waals surface area contributed by atoms with Crippen molar-refractivity contribution in [1.29, 1.82) is 0 Å². The monoisotopic (exact) mass is 258 g/mol. The predicted molar refractivity (Wildman–Crippen MR) is 75.2 cm³/mol. The Morgan fingerprint density at radius 2 is 2.29 bits per heavy atom. The van der Waals surface area contributed by atoms with Gasteiger partial charge in [-0.25, -0.2) is 0 Å². The summed E-state index contributed by atoms with van der Waals surface area (Å²) >= 11 is 1.74. The zero-order valence-electron chi connectivity index (χ0n) is 11.1. The number of hydrogen-bond acceptors (Lipinski definition) is 3. The predicted octanol–water partition coefficient (Wildman–Crippen LogP) is 2.15. The van der Waals surface area contributed by atoms with Crippen LogP contribution >= 0.6 is 11.8 Å². The Kier molecular flexibility index (Phi) is 6.97. The fourth-order valence-corrected chi connectivity index (χ4v) is 2.97. The van der Waals surface area contributed by atoms with Gasteiger partial charge in [-0.1, -0.05) is 26.2 Å². The molecule has 0 aromatic carbocycles. The molecule has 3 atom stereocenters. The molecular formula is C13H26N2OS. The molecule has 0 saturated heterocycles. The lowest BCUT2D eigenvalue weighted by atomic mass is 9.84. The van der Waals surface area contributed by atoms with Crippen LogP contribution in [-0.4, -0.2) is 30.0 Å². The van der Waals surface area contributed by atoms with E-state index in [0.29, 0.717) is 6.04 Å². The molecule has 3 N–H and O–H groups in total. The van der Waals surface area contributed by atoms with Gasteiger partial charge in [-0.05, 0) is 37.2 Å². The van der Waals surface area contributed by atoms with E-state index in [4.69, 9.17) is 5.73 Å². The van der Waals surface area contributed by atoms with Gasteiger partial charge in [-0.15, -0.1) is 0 Å². The van der Waals surface area contributed by atoms with E-state index in [1.807, 2.05) is 6.26 Å². The molecule has 2 unspecified atom stereocenters. The standard InChI is InChI=1S/C13H26N2OS/c1-3-10-5-4-6-11(9-10)15-13(16)12(14)7-8-17-2/h10-12H,3-9,14H2,1-2H3,(H,15,16)/t10?,11?,12-/m0/s1. The molecule has 0 aromatic heterocycles. The third kappa shape index (κ3) is 5.30. The van der Waals surface area contributed by atoms with Crippen molar-refractivity contribution in [1.82, 2.24) is 5.32 Å². The lowest BCUT2D eigenvalue weighted by Gasteiger charge is -2.29. The molecular weight excluding hydrogens is 232 g/mol.